The van der Waals surface area contributed by atoms with Crippen LogP contribution in [0.15, 0.2) is 42.6 Å². The molecule has 0 unspecified atom stereocenters. The van der Waals surface area contributed by atoms with Crippen molar-refractivity contribution in [3.8, 4) is 17.0 Å². The molecule has 1 amide bonds. The largest absolute Gasteiger partial charge is 0.493 e. The first kappa shape index (κ1) is 18.8. The standard InChI is InChI=1S/C25H25N3O2.H2/c1-15-12-22(27-23(17(15)3)19-5-4-16(2)26-14-19)28-24(29)25(9-10-25)20-6-7-21-18(13-20)8-11-30-21;/h4-7,12-14H,8-11H2,1-3H3,(H,27,28,29);1H. The molecule has 3 heterocycles. The summed E-state index contributed by atoms with van der Waals surface area (Å²) in [7, 11) is 0. The lowest BCUT2D eigenvalue weighted by molar-refractivity contribution is -0.118. The van der Waals surface area contributed by atoms with Crippen LogP contribution in [0.25, 0.3) is 11.3 Å². The van der Waals surface area contributed by atoms with Crippen LogP contribution in [0.3, 0.4) is 0 Å². The zero-order chi connectivity index (χ0) is 20.9. The summed E-state index contributed by atoms with van der Waals surface area (Å²) in [6.07, 6.45) is 4.47. The maximum absolute atomic E-state index is 13.3. The van der Waals surface area contributed by atoms with Gasteiger partial charge < -0.3 is 10.1 Å². The van der Waals surface area contributed by atoms with Gasteiger partial charge >= 0.3 is 0 Å². The molecular formula is C25H27N3O2. The lowest BCUT2D eigenvalue weighted by Gasteiger charge is -2.18. The molecule has 1 fully saturated rings. The maximum Gasteiger partial charge on any atom is 0.236 e. The predicted molar refractivity (Wildman–Crippen MR) is 119 cm³/mol. The van der Waals surface area contributed by atoms with Crippen molar-refractivity contribution in [2.45, 2.75) is 45.4 Å². The van der Waals surface area contributed by atoms with Crippen molar-refractivity contribution in [1.82, 2.24) is 9.97 Å². The zero-order valence-electron chi connectivity index (χ0n) is 17.6. The third kappa shape index (κ3) is 3.15. The SMILES string of the molecule is Cc1ccc(-c2nc(NC(=O)C3(c4ccc5c(c4)CCO5)CC3)cc(C)c2C)cn1.[HH]. The van der Waals surface area contributed by atoms with Gasteiger partial charge in [-0.2, -0.15) is 0 Å². The Kier molecular flexibility index (Phi) is 4.35. The van der Waals surface area contributed by atoms with Crippen LogP contribution in [-0.2, 0) is 16.6 Å². The van der Waals surface area contributed by atoms with E-state index in [1.165, 1.54) is 5.56 Å². The van der Waals surface area contributed by atoms with E-state index in [1.54, 1.807) is 0 Å². The number of nitrogens with zero attached hydrogens (tertiary/aromatic N) is 2. The number of benzene rings is 1. The van der Waals surface area contributed by atoms with Crippen LogP contribution >= 0.6 is 0 Å². The van der Waals surface area contributed by atoms with E-state index in [1.807, 2.05) is 50.4 Å². The molecule has 5 heteroatoms. The number of fused-ring (bicyclic) bond motifs is 1. The van der Waals surface area contributed by atoms with Crippen molar-refractivity contribution in [2.24, 2.45) is 0 Å². The van der Waals surface area contributed by atoms with Gasteiger partial charge in [0.2, 0.25) is 5.91 Å². The molecule has 0 radical (unpaired) electrons. The molecule has 3 aromatic rings. The molecule has 0 saturated heterocycles. The summed E-state index contributed by atoms with van der Waals surface area (Å²) in [5, 5.41) is 3.10. The molecule has 0 spiro atoms. The second-order valence-corrected chi connectivity index (χ2v) is 8.44. The summed E-state index contributed by atoms with van der Waals surface area (Å²) in [4.78, 5) is 22.5. The number of rotatable bonds is 4. The number of ether oxygens (including phenoxy) is 1. The Balaban J connectivity index is 0.00000231. The molecule has 0 bridgehead atoms. The number of aromatic nitrogens is 2. The fraction of sp³-hybridized carbons (Fsp3) is 0.320. The van der Waals surface area contributed by atoms with Gasteiger partial charge in [0.25, 0.3) is 0 Å². The fourth-order valence-electron chi connectivity index (χ4n) is 4.18. The number of amides is 1. The van der Waals surface area contributed by atoms with Gasteiger partial charge in [0.15, 0.2) is 0 Å². The number of pyridine rings is 2. The van der Waals surface area contributed by atoms with Gasteiger partial charge in [-0.05, 0) is 80.1 Å². The van der Waals surface area contributed by atoms with Crippen LogP contribution in [0, 0.1) is 20.8 Å². The number of anilines is 1. The second kappa shape index (κ2) is 6.94. The van der Waals surface area contributed by atoms with E-state index >= 15 is 0 Å². The first-order chi connectivity index (χ1) is 14.5. The molecule has 1 aliphatic carbocycles. The molecule has 2 aliphatic rings. The van der Waals surface area contributed by atoms with Crippen molar-refractivity contribution in [3.63, 3.8) is 0 Å². The lowest BCUT2D eigenvalue weighted by Crippen LogP contribution is -2.28. The summed E-state index contributed by atoms with van der Waals surface area (Å²) in [5.41, 5.74) is 6.79. The summed E-state index contributed by atoms with van der Waals surface area (Å²) in [5.74, 6) is 1.56. The molecule has 5 nitrogen and oxygen atoms in total. The van der Waals surface area contributed by atoms with Crippen LogP contribution < -0.4 is 10.1 Å². The third-order valence-electron chi connectivity index (χ3n) is 6.39. The molecule has 1 N–H and O–H groups in total. The summed E-state index contributed by atoms with van der Waals surface area (Å²) in [6.45, 7) is 6.79. The zero-order valence-corrected chi connectivity index (χ0v) is 17.6. The van der Waals surface area contributed by atoms with Gasteiger partial charge in [0, 0.05) is 25.3 Å². The molecule has 0 atom stereocenters. The summed E-state index contributed by atoms with van der Waals surface area (Å²) < 4.78 is 5.61. The number of hydrogen-bond acceptors (Lipinski definition) is 4. The van der Waals surface area contributed by atoms with E-state index in [9.17, 15) is 4.79 Å². The third-order valence-corrected chi connectivity index (χ3v) is 6.39. The van der Waals surface area contributed by atoms with Crippen LogP contribution in [0.4, 0.5) is 5.82 Å². The lowest BCUT2D eigenvalue weighted by atomic mass is 9.92. The Morgan fingerprint density at radius 2 is 1.97 bits per heavy atom. The van der Waals surface area contributed by atoms with Crippen molar-refractivity contribution >= 4 is 11.7 Å². The highest BCUT2D eigenvalue weighted by Gasteiger charge is 2.51. The quantitative estimate of drug-likeness (QED) is 0.674. The minimum absolute atomic E-state index is 0. The minimum Gasteiger partial charge on any atom is -0.493 e. The van der Waals surface area contributed by atoms with E-state index < -0.39 is 5.41 Å². The van der Waals surface area contributed by atoms with E-state index in [2.05, 4.69) is 23.3 Å². The molecule has 30 heavy (non-hydrogen) atoms. The highest BCUT2D eigenvalue weighted by molar-refractivity contribution is 6.01. The number of carbonyl (C=O) groups is 1. The molecule has 1 saturated carbocycles. The van der Waals surface area contributed by atoms with Gasteiger partial charge in [-0.3, -0.25) is 9.78 Å². The topological polar surface area (TPSA) is 64.1 Å². The van der Waals surface area contributed by atoms with Gasteiger partial charge in [-0.25, -0.2) is 4.98 Å². The molecule has 1 aliphatic heterocycles. The molecule has 5 rings (SSSR count). The highest BCUT2D eigenvalue weighted by atomic mass is 16.5. The van der Waals surface area contributed by atoms with Crippen molar-refractivity contribution in [3.05, 3.63) is 70.5 Å². The molecular weight excluding hydrogens is 374 g/mol. The average molecular weight is 402 g/mol. The molecule has 154 valence electrons. The first-order valence-corrected chi connectivity index (χ1v) is 10.5. The maximum atomic E-state index is 13.3. The Bertz CT molecular complexity index is 1150. The smallest absolute Gasteiger partial charge is 0.236 e. The predicted octanol–water partition coefficient (Wildman–Crippen LogP) is 4.92. The Labute approximate surface area is 178 Å². The Hall–Kier alpha value is -3.21. The molecule has 2 aromatic heterocycles. The van der Waals surface area contributed by atoms with Crippen LogP contribution in [0.2, 0.25) is 0 Å². The number of hydrogen-bond donors (Lipinski definition) is 1. The minimum atomic E-state index is -0.455. The van der Waals surface area contributed by atoms with Gasteiger partial charge in [-0.1, -0.05) is 12.1 Å². The van der Waals surface area contributed by atoms with Crippen LogP contribution in [-0.4, -0.2) is 22.5 Å². The summed E-state index contributed by atoms with van der Waals surface area (Å²) >= 11 is 0. The monoisotopic (exact) mass is 401 g/mol. The van der Waals surface area contributed by atoms with Gasteiger partial charge in [0.1, 0.15) is 11.6 Å². The van der Waals surface area contributed by atoms with Crippen molar-refractivity contribution in [1.29, 1.82) is 0 Å². The van der Waals surface area contributed by atoms with E-state index in [0.29, 0.717) is 5.82 Å². The van der Waals surface area contributed by atoms with Crippen molar-refractivity contribution < 1.29 is 11.0 Å². The van der Waals surface area contributed by atoms with E-state index in [4.69, 9.17) is 9.72 Å². The second-order valence-electron chi connectivity index (χ2n) is 8.44. The van der Waals surface area contributed by atoms with Crippen LogP contribution in [0.5, 0.6) is 5.75 Å². The highest BCUT2D eigenvalue weighted by Crippen LogP contribution is 2.50. The Morgan fingerprint density at radius 3 is 2.70 bits per heavy atom. The number of aryl methyl sites for hydroxylation is 2. The van der Waals surface area contributed by atoms with Crippen molar-refractivity contribution in [2.75, 3.05) is 11.9 Å². The fourth-order valence-corrected chi connectivity index (χ4v) is 4.18. The van der Waals surface area contributed by atoms with Gasteiger partial charge in [0.05, 0.1) is 17.7 Å². The average Bonchev–Trinajstić information content (AvgIpc) is 3.42. The van der Waals surface area contributed by atoms with Gasteiger partial charge in [-0.15, -0.1) is 0 Å². The molecule has 1 aromatic carbocycles. The van der Waals surface area contributed by atoms with E-state index in [-0.39, 0.29) is 7.33 Å². The first-order valence-electron chi connectivity index (χ1n) is 10.5. The number of carbonyl (C=O) groups excluding carboxylic acids is 1. The van der Waals surface area contributed by atoms with E-state index in [0.717, 1.165) is 65.3 Å². The number of nitrogens with one attached hydrogen (secondary N) is 1. The normalized spacial score (nSPS) is 16.0. The van der Waals surface area contributed by atoms with Crippen LogP contribution in [0.1, 0.15) is 42.2 Å². The Morgan fingerprint density at radius 1 is 1.13 bits per heavy atom. The summed E-state index contributed by atoms with van der Waals surface area (Å²) in [6, 6.07) is 12.1.